The summed E-state index contributed by atoms with van der Waals surface area (Å²) in [5, 5.41) is 0. The molecule has 1 atom stereocenters. The summed E-state index contributed by atoms with van der Waals surface area (Å²) in [5.74, 6) is 0.940. The molecule has 0 aliphatic carbocycles. The predicted octanol–water partition coefficient (Wildman–Crippen LogP) is 1.47. The fourth-order valence-electron chi connectivity index (χ4n) is 2.63. The number of guanidine groups is 1. The number of carbonyl (C=O) groups excluding carboxylic acids is 1. The maximum absolute atomic E-state index is 12.5. The van der Waals surface area contributed by atoms with E-state index in [9.17, 15) is 4.79 Å². The lowest BCUT2D eigenvalue weighted by Crippen LogP contribution is -2.51. The van der Waals surface area contributed by atoms with Crippen LogP contribution in [0.3, 0.4) is 0 Å². The lowest BCUT2D eigenvalue weighted by molar-refractivity contribution is 0.0579. The summed E-state index contributed by atoms with van der Waals surface area (Å²) in [6.07, 6.45) is -0.0454. The van der Waals surface area contributed by atoms with Gasteiger partial charge >= 0.3 is 0 Å². The molecule has 1 unspecified atom stereocenters. The van der Waals surface area contributed by atoms with Gasteiger partial charge in [0.15, 0.2) is 5.96 Å². The van der Waals surface area contributed by atoms with Crippen molar-refractivity contribution in [3.05, 3.63) is 35.4 Å². The summed E-state index contributed by atoms with van der Waals surface area (Å²) in [6, 6.07) is 7.79. The van der Waals surface area contributed by atoms with Crippen LogP contribution in [0.4, 0.5) is 0 Å². The molecule has 0 spiro atoms. The number of rotatable bonds is 2. The Morgan fingerprint density at radius 2 is 1.95 bits per heavy atom. The molecule has 0 N–H and O–H groups in total. The number of aliphatic imine (C=N–C) groups is 1. The molecule has 1 aromatic rings. The molecule has 1 heterocycles. The molecular weight excluding hydrogens is 252 g/mol. The standard InChI is InChI=1S/C15H22N4O/c1-11(18(5)15(16-2)17(3)4)19-10-12-8-6-7-9-13(12)14(19)20/h6-9,11H,10H2,1-5H3. The molecular formula is C15H22N4O. The lowest BCUT2D eigenvalue weighted by atomic mass is 10.1. The minimum Gasteiger partial charge on any atom is -0.349 e. The molecule has 1 aliphatic heterocycles. The molecule has 2 rings (SSSR count). The van der Waals surface area contributed by atoms with E-state index in [0.717, 1.165) is 17.1 Å². The molecule has 1 aliphatic rings. The Kier molecular flexibility index (Phi) is 3.97. The zero-order valence-corrected chi connectivity index (χ0v) is 12.8. The van der Waals surface area contributed by atoms with Crippen molar-refractivity contribution >= 4 is 11.9 Å². The first-order valence-electron chi connectivity index (χ1n) is 6.73. The average molecular weight is 274 g/mol. The maximum Gasteiger partial charge on any atom is 0.256 e. The van der Waals surface area contributed by atoms with Crippen LogP contribution in [-0.2, 0) is 6.54 Å². The van der Waals surface area contributed by atoms with E-state index in [-0.39, 0.29) is 12.1 Å². The van der Waals surface area contributed by atoms with Crippen molar-refractivity contribution in [1.29, 1.82) is 0 Å². The second kappa shape index (κ2) is 5.53. The zero-order valence-electron chi connectivity index (χ0n) is 12.8. The Bertz CT molecular complexity index is 538. The third-order valence-electron chi connectivity index (χ3n) is 3.78. The fraction of sp³-hybridized carbons (Fsp3) is 0.467. The first-order valence-corrected chi connectivity index (χ1v) is 6.73. The van der Waals surface area contributed by atoms with Gasteiger partial charge in [0, 0.05) is 40.3 Å². The van der Waals surface area contributed by atoms with E-state index >= 15 is 0 Å². The number of amides is 1. The van der Waals surface area contributed by atoms with Crippen molar-refractivity contribution in [2.45, 2.75) is 19.6 Å². The molecule has 0 saturated carbocycles. The minimum absolute atomic E-state index is 0.0454. The van der Waals surface area contributed by atoms with Gasteiger partial charge in [0.1, 0.15) is 6.17 Å². The number of fused-ring (bicyclic) bond motifs is 1. The Hall–Kier alpha value is -2.04. The van der Waals surface area contributed by atoms with Crippen molar-refractivity contribution in [2.24, 2.45) is 4.99 Å². The Morgan fingerprint density at radius 1 is 1.30 bits per heavy atom. The van der Waals surface area contributed by atoms with E-state index in [2.05, 4.69) is 4.99 Å². The van der Waals surface area contributed by atoms with Gasteiger partial charge in [-0.15, -0.1) is 0 Å². The molecule has 1 amide bonds. The van der Waals surface area contributed by atoms with E-state index in [4.69, 9.17) is 0 Å². The number of hydrogen-bond donors (Lipinski definition) is 0. The smallest absolute Gasteiger partial charge is 0.256 e. The average Bonchev–Trinajstić information content (AvgIpc) is 2.76. The van der Waals surface area contributed by atoms with Crippen molar-refractivity contribution in [3.8, 4) is 0 Å². The molecule has 0 fully saturated rings. The molecule has 0 aromatic heterocycles. The van der Waals surface area contributed by atoms with Crippen LogP contribution in [0.15, 0.2) is 29.3 Å². The zero-order chi connectivity index (χ0) is 14.9. The second-order valence-corrected chi connectivity index (χ2v) is 5.25. The molecule has 5 nitrogen and oxygen atoms in total. The topological polar surface area (TPSA) is 39.1 Å². The Balaban J connectivity index is 2.20. The van der Waals surface area contributed by atoms with Crippen LogP contribution in [0, 0.1) is 0 Å². The van der Waals surface area contributed by atoms with E-state index in [1.54, 1.807) is 7.05 Å². The Labute approximate surface area is 120 Å². The second-order valence-electron chi connectivity index (χ2n) is 5.25. The van der Waals surface area contributed by atoms with E-state index in [1.165, 1.54) is 0 Å². The molecule has 5 heteroatoms. The summed E-state index contributed by atoms with van der Waals surface area (Å²) in [6.45, 7) is 2.68. The van der Waals surface area contributed by atoms with Crippen LogP contribution in [0.25, 0.3) is 0 Å². The van der Waals surface area contributed by atoms with Crippen molar-refractivity contribution in [1.82, 2.24) is 14.7 Å². The summed E-state index contributed by atoms with van der Waals surface area (Å²) in [4.78, 5) is 22.6. The van der Waals surface area contributed by atoms with Crippen LogP contribution in [-0.4, -0.2) is 60.9 Å². The van der Waals surface area contributed by atoms with Gasteiger partial charge < -0.3 is 14.7 Å². The highest BCUT2D eigenvalue weighted by Gasteiger charge is 2.33. The van der Waals surface area contributed by atoms with Gasteiger partial charge in [0.25, 0.3) is 5.91 Å². The van der Waals surface area contributed by atoms with Gasteiger partial charge in [-0.05, 0) is 18.6 Å². The fourth-order valence-corrected chi connectivity index (χ4v) is 2.63. The van der Waals surface area contributed by atoms with Gasteiger partial charge in [-0.1, -0.05) is 18.2 Å². The van der Waals surface area contributed by atoms with E-state index in [1.807, 2.05) is 67.0 Å². The van der Waals surface area contributed by atoms with Crippen LogP contribution in [0.2, 0.25) is 0 Å². The SMILES string of the molecule is CN=C(N(C)C)N(C)C(C)N1Cc2ccccc2C1=O. The van der Waals surface area contributed by atoms with Crippen LogP contribution in [0.5, 0.6) is 0 Å². The highest BCUT2D eigenvalue weighted by Crippen LogP contribution is 2.25. The number of nitrogens with zero attached hydrogens (tertiary/aromatic N) is 4. The normalized spacial score (nSPS) is 16.1. The van der Waals surface area contributed by atoms with E-state index < -0.39 is 0 Å². The highest BCUT2D eigenvalue weighted by molar-refractivity contribution is 5.98. The molecule has 0 radical (unpaired) electrons. The predicted molar refractivity (Wildman–Crippen MR) is 80.6 cm³/mol. The number of hydrogen-bond acceptors (Lipinski definition) is 2. The summed E-state index contributed by atoms with van der Waals surface area (Å²) in [7, 11) is 7.63. The monoisotopic (exact) mass is 274 g/mol. The van der Waals surface area contributed by atoms with Gasteiger partial charge in [-0.25, -0.2) is 0 Å². The summed E-state index contributed by atoms with van der Waals surface area (Å²) >= 11 is 0. The third kappa shape index (κ3) is 2.35. The first-order chi connectivity index (χ1) is 9.47. The van der Waals surface area contributed by atoms with Gasteiger partial charge in [0.2, 0.25) is 0 Å². The molecule has 108 valence electrons. The van der Waals surface area contributed by atoms with Gasteiger partial charge in [-0.3, -0.25) is 9.79 Å². The van der Waals surface area contributed by atoms with Crippen molar-refractivity contribution in [2.75, 3.05) is 28.2 Å². The van der Waals surface area contributed by atoms with Gasteiger partial charge in [0.05, 0.1) is 0 Å². The van der Waals surface area contributed by atoms with Crippen molar-refractivity contribution in [3.63, 3.8) is 0 Å². The molecule has 1 aromatic carbocycles. The van der Waals surface area contributed by atoms with Crippen LogP contribution >= 0.6 is 0 Å². The highest BCUT2D eigenvalue weighted by atomic mass is 16.2. The first kappa shape index (κ1) is 14.4. The maximum atomic E-state index is 12.5. The molecule has 0 saturated heterocycles. The number of carbonyl (C=O) groups is 1. The van der Waals surface area contributed by atoms with Gasteiger partial charge in [-0.2, -0.15) is 0 Å². The summed E-state index contributed by atoms with van der Waals surface area (Å²) in [5.41, 5.74) is 1.91. The third-order valence-corrected chi connectivity index (χ3v) is 3.78. The van der Waals surface area contributed by atoms with E-state index in [0.29, 0.717) is 6.54 Å². The minimum atomic E-state index is -0.0454. The number of benzene rings is 1. The van der Waals surface area contributed by atoms with Crippen LogP contribution < -0.4 is 0 Å². The molecule has 20 heavy (non-hydrogen) atoms. The Morgan fingerprint density at radius 3 is 2.50 bits per heavy atom. The lowest BCUT2D eigenvalue weighted by Gasteiger charge is -2.36. The molecule has 0 bridgehead atoms. The summed E-state index contributed by atoms with van der Waals surface area (Å²) < 4.78 is 0. The van der Waals surface area contributed by atoms with Crippen molar-refractivity contribution < 1.29 is 4.79 Å². The van der Waals surface area contributed by atoms with Crippen LogP contribution in [0.1, 0.15) is 22.8 Å². The quantitative estimate of drug-likeness (QED) is 0.605. The largest absolute Gasteiger partial charge is 0.349 e.